The van der Waals surface area contributed by atoms with Gasteiger partial charge in [0.1, 0.15) is 5.82 Å². The molecule has 6 heteroatoms. The van der Waals surface area contributed by atoms with Gasteiger partial charge < -0.3 is 10.1 Å². The zero-order chi connectivity index (χ0) is 11.0. The van der Waals surface area contributed by atoms with E-state index in [4.69, 9.17) is 4.74 Å². The van der Waals surface area contributed by atoms with Crippen LogP contribution in [0.4, 0.5) is 9.52 Å². The van der Waals surface area contributed by atoms with Crippen molar-refractivity contribution >= 4 is 16.7 Å². The molecule has 1 aliphatic carbocycles. The van der Waals surface area contributed by atoms with Gasteiger partial charge in [0.2, 0.25) is 11.5 Å². The fourth-order valence-electron chi connectivity index (χ4n) is 1.84. The molecule has 0 bridgehead atoms. The van der Waals surface area contributed by atoms with E-state index in [2.05, 4.69) is 14.7 Å². The molecule has 88 valence electrons. The van der Waals surface area contributed by atoms with E-state index in [9.17, 15) is 4.39 Å². The number of hydrogen-bond donors (Lipinski definition) is 1. The Balaban J connectivity index is 1.63. The summed E-state index contributed by atoms with van der Waals surface area (Å²) in [5.74, 6) is 1.47. The van der Waals surface area contributed by atoms with Crippen LogP contribution in [0.5, 0.6) is 0 Å². The molecule has 0 amide bonds. The van der Waals surface area contributed by atoms with Crippen LogP contribution in [0.3, 0.4) is 0 Å². The van der Waals surface area contributed by atoms with Crippen LogP contribution in [0, 0.1) is 0 Å². The Labute approximate surface area is 97.4 Å². The Bertz CT molecular complexity index is 369. The van der Waals surface area contributed by atoms with Gasteiger partial charge in [0.05, 0.1) is 12.6 Å². The van der Waals surface area contributed by atoms with Gasteiger partial charge in [-0.15, -0.1) is 0 Å². The number of aromatic nitrogens is 2. The van der Waals surface area contributed by atoms with Crippen molar-refractivity contribution in [2.45, 2.75) is 44.0 Å². The molecule has 1 aromatic heterocycles. The molecule has 2 fully saturated rings. The van der Waals surface area contributed by atoms with Crippen LogP contribution in [0.15, 0.2) is 0 Å². The van der Waals surface area contributed by atoms with Crippen molar-refractivity contribution in [1.29, 1.82) is 0 Å². The second kappa shape index (κ2) is 4.25. The standard InChI is InChI=1S/C10H14FN3OS/c11-8-7(2-1-5-15-8)12-10-13-9(14-16-10)6-3-4-6/h6-8H,1-5H2,(H,12,13,14). The Morgan fingerprint density at radius 1 is 1.38 bits per heavy atom. The fraction of sp³-hybridized carbons (Fsp3) is 0.800. The normalized spacial score (nSPS) is 30.3. The number of nitrogens with zero attached hydrogens (tertiary/aromatic N) is 2. The van der Waals surface area contributed by atoms with E-state index >= 15 is 0 Å². The van der Waals surface area contributed by atoms with Crippen molar-refractivity contribution < 1.29 is 9.13 Å². The zero-order valence-corrected chi connectivity index (χ0v) is 9.67. The molecule has 2 aliphatic rings. The summed E-state index contributed by atoms with van der Waals surface area (Å²) in [6, 6.07) is -0.270. The molecule has 1 aliphatic heterocycles. The lowest BCUT2D eigenvalue weighted by Crippen LogP contribution is -2.36. The first kappa shape index (κ1) is 10.4. The molecule has 1 saturated heterocycles. The predicted molar refractivity (Wildman–Crippen MR) is 59.4 cm³/mol. The third-order valence-electron chi connectivity index (χ3n) is 2.95. The van der Waals surface area contributed by atoms with E-state index in [1.54, 1.807) is 0 Å². The van der Waals surface area contributed by atoms with Crippen molar-refractivity contribution in [3.05, 3.63) is 5.82 Å². The Kier molecular flexibility index (Phi) is 2.77. The average molecular weight is 243 g/mol. The lowest BCUT2D eigenvalue weighted by molar-refractivity contribution is -0.0757. The number of ether oxygens (including phenoxy) is 1. The quantitative estimate of drug-likeness (QED) is 0.885. The number of nitrogens with one attached hydrogen (secondary N) is 1. The minimum Gasteiger partial charge on any atom is -0.352 e. The van der Waals surface area contributed by atoms with E-state index in [1.165, 1.54) is 24.4 Å². The molecular weight excluding hydrogens is 229 g/mol. The molecule has 1 saturated carbocycles. The first-order valence-corrected chi connectivity index (χ1v) is 6.46. The van der Waals surface area contributed by atoms with Gasteiger partial charge in [-0.25, -0.2) is 9.37 Å². The number of alkyl halides is 1. The average Bonchev–Trinajstić information content (AvgIpc) is 3.03. The highest BCUT2D eigenvalue weighted by Gasteiger charge is 2.29. The van der Waals surface area contributed by atoms with Crippen LogP contribution < -0.4 is 5.32 Å². The summed E-state index contributed by atoms with van der Waals surface area (Å²) in [6.07, 6.45) is 2.84. The number of anilines is 1. The molecular formula is C10H14FN3OS. The van der Waals surface area contributed by atoms with Crippen molar-refractivity contribution in [1.82, 2.24) is 9.36 Å². The lowest BCUT2D eigenvalue weighted by Gasteiger charge is -2.26. The number of rotatable bonds is 3. The maximum atomic E-state index is 13.4. The first-order chi connectivity index (χ1) is 7.83. The van der Waals surface area contributed by atoms with Gasteiger partial charge >= 0.3 is 0 Å². The van der Waals surface area contributed by atoms with Gasteiger partial charge in [0.15, 0.2) is 0 Å². The van der Waals surface area contributed by atoms with Crippen molar-refractivity contribution in [3.8, 4) is 0 Å². The maximum absolute atomic E-state index is 13.4. The molecule has 0 aromatic carbocycles. The van der Waals surface area contributed by atoms with Crippen molar-refractivity contribution in [2.24, 2.45) is 0 Å². The Morgan fingerprint density at radius 2 is 2.25 bits per heavy atom. The predicted octanol–water partition coefficient (Wildman–Crippen LogP) is 2.30. The van der Waals surface area contributed by atoms with Crippen LogP contribution in [0.25, 0.3) is 0 Å². The first-order valence-electron chi connectivity index (χ1n) is 5.69. The number of hydrogen-bond acceptors (Lipinski definition) is 5. The third-order valence-corrected chi connectivity index (χ3v) is 3.61. The molecule has 2 heterocycles. The van der Waals surface area contributed by atoms with E-state index < -0.39 is 6.36 Å². The molecule has 0 radical (unpaired) electrons. The summed E-state index contributed by atoms with van der Waals surface area (Å²) in [5, 5.41) is 3.80. The summed E-state index contributed by atoms with van der Waals surface area (Å²) in [4.78, 5) is 4.37. The third kappa shape index (κ3) is 2.17. The molecule has 0 spiro atoms. The van der Waals surface area contributed by atoms with Gasteiger partial charge in [-0.3, -0.25) is 0 Å². The van der Waals surface area contributed by atoms with Gasteiger partial charge in [-0.1, -0.05) is 0 Å². The SMILES string of the molecule is FC1OCCCC1Nc1nc(C2CC2)ns1. The second-order valence-corrected chi connectivity index (χ2v) is 5.10. The van der Waals surface area contributed by atoms with Gasteiger partial charge in [0, 0.05) is 17.5 Å². The van der Waals surface area contributed by atoms with Crippen LogP contribution in [0.1, 0.15) is 37.4 Å². The Morgan fingerprint density at radius 3 is 3.00 bits per heavy atom. The fourth-order valence-corrected chi connectivity index (χ4v) is 2.55. The second-order valence-electron chi connectivity index (χ2n) is 4.35. The van der Waals surface area contributed by atoms with E-state index in [-0.39, 0.29) is 6.04 Å². The monoisotopic (exact) mass is 243 g/mol. The van der Waals surface area contributed by atoms with Crippen LogP contribution in [-0.2, 0) is 4.74 Å². The van der Waals surface area contributed by atoms with E-state index in [1.807, 2.05) is 0 Å². The van der Waals surface area contributed by atoms with E-state index in [0.717, 1.165) is 23.8 Å². The van der Waals surface area contributed by atoms with Gasteiger partial charge in [-0.2, -0.15) is 4.37 Å². The summed E-state index contributed by atoms with van der Waals surface area (Å²) in [6.45, 7) is 0.517. The highest BCUT2D eigenvalue weighted by Crippen LogP contribution is 2.39. The summed E-state index contributed by atoms with van der Waals surface area (Å²) in [5.41, 5.74) is 0. The van der Waals surface area contributed by atoms with Crippen LogP contribution >= 0.6 is 11.5 Å². The minimum absolute atomic E-state index is 0.270. The molecule has 3 rings (SSSR count). The topological polar surface area (TPSA) is 47.0 Å². The van der Waals surface area contributed by atoms with Crippen molar-refractivity contribution in [3.63, 3.8) is 0 Å². The maximum Gasteiger partial charge on any atom is 0.219 e. The molecule has 2 unspecified atom stereocenters. The smallest absolute Gasteiger partial charge is 0.219 e. The lowest BCUT2D eigenvalue weighted by atomic mass is 10.1. The molecule has 2 atom stereocenters. The highest BCUT2D eigenvalue weighted by atomic mass is 32.1. The molecule has 1 N–H and O–H groups in total. The molecule has 16 heavy (non-hydrogen) atoms. The summed E-state index contributed by atoms with van der Waals surface area (Å²) < 4.78 is 22.6. The van der Waals surface area contributed by atoms with Gasteiger partial charge in [0.25, 0.3) is 0 Å². The van der Waals surface area contributed by atoms with Crippen molar-refractivity contribution in [2.75, 3.05) is 11.9 Å². The van der Waals surface area contributed by atoms with E-state index in [0.29, 0.717) is 12.5 Å². The minimum atomic E-state index is -1.22. The van der Waals surface area contributed by atoms with Gasteiger partial charge in [-0.05, 0) is 25.7 Å². The number of halogens is 1. The zero-order valence-electron chi connectivity index (χ0n) is 8.86. The van der Waals surface area contributed by atoms with Crippen LogP contribution in [-0.4, -0.2) is 28.4 Å². The summed E-state index contributed by atoms with van der Waals surface area (Å²) in [7, 11) is 0. The largest absolute Gasteiger partial charge is 0.352 e. The molecule has 4 nitrogen and oxygen atoms in total. The Hall–Kier alpha value is -0.750. The summed E-state index contributed by atoms with van der Waals surface area (Å²) >= 11 is 1.32. The highest BCUT2D eigenvalue weighted by molar-refractivity contribution is 7.09. The molecule has 1 aromatic rings. The van der Waals surface area contributed by atoms with Crippen LogP contribution in [0.2, 0.25) is 0 Å².